The number of nitrogens with zero attached hydrogens (tertiary/aromatic N) is 3. The summed E-state index contributed by atoms with van der Waals surface area (Å²) in [4.78, 5) is 53.0. The van der Waals surface area contributed by atoms with Crippen molar-refractivity contribution < 1.29 is 14.4 Å². The highest BCUT2D eigenvalue weighted by molar-refractivity contribution is 7.10. The smallest absolute Gasteiger partial charge is 0.271 e. The van der Waals surface area contributed by atoms with E-state index in [-0.39, 0.29) is 70.7 Å². The van der Waals surface area contributed by atoms with E-state index in [2.05, 4.69) is 30.9 Å². The van der Waals surface area contributed by atoms with Crippen LogP contribution < -0.4 is 16.0 Å². The predicted octanol–water partition coefficient (Wildman–Crippen LogP) is 4.75. The van der Waals surface area contributed by atoms with Crippen LogP contribution in [0.4, 0.5) is 0 Å². The molecule has 12 heteroatoms. The van der Waals surface area contributed by atoms with Crippen LogP contribution in [0.1, 0.15) is 106 Å². The Labute approximate surface area is 222 Å². The Morgan fingerprint density at radius 3 is 1.03 bits per heavy atom. The van der Waals surface area contributed by atoms with Gasteiger partial charge in [0.05, 0.1) is 18.1 Å². The zero-order chi connectivity index (χ0) is 26.1. The number of aromatic nitrogens is 3. The third kappa shape index (κ3) is 5.50. The number of amides is 3. The average Bonchev–Trinajstić information content (AvgIpc) is 3.58. The Hall–Kier alpha value is -2.70. The van der Waals surface area contributed by atoms with Crippen LogP contribution in [-0.4, -0.2) is 32.7 Å². The topological polar surface area (TPSA) is 126 Å². The maximum absolute atomic E-state index is 13.1. The van der Waals surface area contributed by atoms with Gasteiger partial charge in [-0.25, -0.2) is 15.0 Å². The second-order valence-corrected chi connectivity index (χ2v) is 12.5. The number of fused-ring (bicyclic) bond motifs is 6. The third-order valence-corrected chi connectivity index (χ3v) is 8.71. The number of carbonyl (C=O) groups excluding carboxylic acids is 3. The summed E-state index contributed by atoms with van der Waals surface area (Å²) in [5.74, 6) is -0.845. The van der Waals surface area contributed by atoms with Crippen molar-refractivity contribution in [3.63, 3.8) is 0 Å². The lowest BCUT2D eigenvalue weighted by Crippen LogP contribution is -2.34. The molecule has 3 amide bonds. The van der Waals surface area contributed by atoms with Gasteiger partial charge in [0.2, 0.25) is 0 Å². The van der Waals surface area contributed by atoms with Gasteiger partial charge in [-0.15, -0.1) is 34.0 Å². The molecular weight excluding hydrogens is 517 g/mol. The Morgan fingerprint density at radius 1 is 0.556 bits per heavy atom. The highest BCUT2D eigenvalue weighted by Crippen LogP contribution is 2.30. The molecule has 0 spiro atoms. The summed E-state index contributed by atoms with van der Waals surface area (Å²) in [7, 11) is 0. The molecule has 0 aliphatic carbocycles. The number of nitrogens with one attached hydrogen (secondary N) is 3. The summed E-state index contributed by atoms with van der Waals surface area (Å²) in [6.45, 7) is 11.9. The molecule has 0 saturated heterocycles. The first-order chi connectivity index (χ1) is 17.0. The van der Waals surface area contributed by atoms with E-state index < -0.39 is 0 Å². The lowest BCUT2D eigenvalue weighted by atomic mass is 10.0. The second kappa shape index (κ2) is 10.7. The minimum absolute atomic E-state index is 0.0413. The van der Waals surface area contributed by atoms with Gasteiger partial charge in [0.1, 0.15) is 32.1 Å². The van der Waals surface area contributed by atoms with Crippen LogP contribution in [0.5, 0.6) is 0 Å². The normalized spacial score (nSPS) is 21.2. The first-order valence-corrected chi connectivity index (χ1v) is 14.5. The molecule has 9 nitrogen and oxygen atoms in total. The predicted molar refractivity (Wildman–Crippen MR) is 141 cm³/mol. The third-order valence-electron chi connectivity index (χ3n) is 5.92. The SMILES string of the molecule is CC(C)[C@@H]1NC(=O)c2csc(n2)[C@@H](C(C)C)NC(=O)c2csc(n2)[C@@H](C(C)C)NC(=O)c2csc1n2. The quantitative estimate of drug-likeness (QED) is 0.435. The monoisotopic (exact) mass is 546 g/mol. The zero-order valence-electron chi connectivity index (χ0n) is 21.0. The molecule has 3 aromatic rings. The molecule has 1 aliphatic heterocycles. The lowest BCUT2D eigenvalue weighted by molar-refractivity contribution is 0.0918. The van der Waals surface area contributed by atoms with Gasteiger partial charge in [-0.1, -0.05) is 41.5 Å². The van der Waals surface area contributed by atoms with Crippen molar-refractivity contribution in [1.29, 1.82) is 0 Å². The van der Waals surface area contributed by atoms with Crippen LogP contribution in [0.25, 0.3) is 0 Å². The Morgan fingerprint density at radius 2 is 0.806 bits per heavy atom. The molecule has 0 fully saturated rings. The fourth-order valence-electron chi connectivity index (χ4n) is 3.79. The van der Waals surface area contributed by atoms with E-state index in [0.29, 0.717) is 15.0 Å². The van der Waals surface area contributed by atoms with Crippen molar-refractivity contribution in [3.05, 3.63) is 48.2 Å². The van der Waals surface area contributed by atoms with Crippen LogP contribution in [0, 0.1) is 17.8 Å². The molecule has 3 N–H and O–H groups in total. The molecule has 6 bridgehead atoms. The fraction of sp³-hybridized carbons (Fsp3) is 0.500. The summed E-state index contributed by atoms with van der Waals surface area (Å²) in [5, 5.41) is 16.2. The zero-order valence-corrected chi connectivity index (χ0v) is 23.4. The largest absolute Gasteiger partial charge is 0.341 e. The van der Waals surface area contributed by atoms with Gasteiger partial charge < -0.3 is 16.0 Å². The van der Waals surface area contributed by atoms with Gasteiger partial charge in [-0.05, 0) is 17.8 Å². The van der Waals surface area contributed by atoms with Gasteiger partial charge >= 0.3 is 0 Å². The van der Waals surface area contributed by atoms with E-state index in [9.17, 15) is 14.4 Å². The van der Waals surface area contributed by atoms with Crippen molar-refractivity contribution in [3.8, 4) is 0 Å². The molecule has 3 atom stereocenters. The number of hydrogen-bond acceptors (Lipinski definition) is 9. The van der Waals surface area contributed by atoms with Crippen LogP contribution in [0.3, 0.4) is 0 Å². The first-order valence-electron chi connectivity index (χ1n) is 11.8. The molecule has 36 heavy (non-hydrogen) atoms. The van der Waals surface area contributed by atoms with Crippen molar-refractivity contribution in [2.75, 3.05) is 0 Å². The van der Waals surface area contributed by atoms with Crippen LogP contribution in [0.2, 0.25) is 0 Å². The number of hydrogen-bond donors (Lipinski definition) is 3. The van der Waals surface area contributed by atoms with E-state index in [1.807, 2.05) is 41.5 Å². The summed E-state index contributed by atoms with van der Waals surface area (Å²) in [6, 6.07) is -1.14. The lowest BCUT2D eigenvalue weighted by Gasteiger charge is -2.21. The highest BCUT2D eigenvalue weighted by Gasteiger charge is 2.30. The molecule has 0 unspecified atom stereocenters. The van der Waals surface area contributed by atoms with Crippen molar-refractivity contribution in [1.82, 2.24) is 30.9 Å². The van der Waals surface area contributed by atoms with Gasteiger partial charge in [-0.2, -0.15) is 0 Å². The van der Waals surface area contributed by atoms with E-state index >= 15 is 0 Å². The van der Waals surface area contributed by atoms with Crippen molar-refractivity contribution >= 4 is 51.7 Å². The summed E-state index contributed by atoms with van der Waals surface area (Å²) < 4.78 is 0. The van der Waals surface area contributed by atoms with Gasteiger partial charge in [0.25, 0.3) is 17.7 Å². The molecule has 4 rings (SSSR count). The molecule has 0 saturated carbocycles. The molecule has 0 aromatic carbocycles. The molecule has 1 aliphatic rings. The Balaban J connectivity index is 1.78. The second-order valence-electron chi connectivity index (χ2n) is 9.80. The van der Waals surface area contributed by atoms with Gasteiger partial charge in [0, 0.05) is 16.1 Å². The van der Waals surface area contributed by atoms with Crippen molar-refractivity contribution in [2.45, 2.75) is 59.7 Å². The summed E-state index contributed by atoms with van der Waals surface area (Å²) in [6.07, 6.45) is 0. The minimum Gasteiger partial charge on any atom is -0.341 e. The number of rotatable bonds is 3. The molecule has 4 heterocycles. The minimum atomic E-state index is -0.379. The highest BCUT2D eigenvalue weighted by atomic mass is 32.1. The maximum Gasteiger partial charge on any atom is 0.271 e. The van der Waals surface area contributed by atoms with E-state index in [4.69, 9.17) is 0 Å². The van der Waals surface area contributed by atoms with E-state index in [0.717, 1.165) is 0 Å². The summed E-state index contributed by atoms with van der Waals surface area (Å²) >= 11 is 4.02. The van der Waals surface area contributed by atoms with E-state index in [1.54, 1.807) is 16.1 Å². The van der Waals surface area contributed by atoms with Gasteiger partial charge in [-0.3, -0.25) is 14.4 Å². The Bertz CT molecular complexity index is 1110. The van der Waals surface area contributed by atoms with Crippen molar-refractivity contribution in [2.24, 2.45) is 17.8 Å². The molecular formula is C24H30N6O3S3. The molecule has 3 aromatic heterocycles. The summed E-state index contributed by atoms with van der Waals surface area (Å²) in [5.41, 5.74) is 0.853. The molecule has 0 radical (unpaired) electrons. The number of carbonyl (C=O) groups is 3. The van der Waals surface area contributed by atoms with Crippen LogP contribution in [0.15, 0.2) is 16.1 Å². The van der Waals surface area contributed by atoms with E-state index in [1.165, 1.54) is 34.0 Å². The van der Waals surface area contributed by atoms with Gasteiger partial charge in [0.15, 0.2) is 0 Å². The molecule has 192 valence electrons. The average molecular weight is 547 g/mol. The maximum atomic E-state index is 13.1. The first kappa shape index (κ1) is 26.4. The van der Waals surface area contributed by atoms with Crippen LogP contribution in [-0.2, 0) is 0 Å². The Kier molecular flexibility index (Phi) is 7.86. The van der Waals surface area contributed by atoms with Crippen LogP contribution >= 0.6 is 34.0 Å². The fourth-order valence-corrected chi connectivity index (χ4v) is 6.85. The standard InChI is InChI=1S/C24H30N6O3S3/c1-10(2)16-22-25-14(7-34-22)20(32)29-18(12(5)6)24-27-15(9-36-24)21(33)30-17(11(3)4)23-26-13(8-35-23)19(31)28-16/h7-12,16-18H,1-6H3,(H,28,31)(H,29,32)(H,30,33)/t16-,17-,18+/m1/s1. The number of thiazole rings is 3.